The number of halogens is 2. The number of nitrogens with one attached hydrogen (secondary N) is 6. The number of aliphatic hydroxyl groups is 1. The second-order valence-electron chi connectivity index (χ2n) is 24.4. The molecule has 4 aromatic heterocycles. The third kappa shape index (κ3) is 17.4. The predicted octanol–water partition coefficient (Wildman–Crippen LogP) is 4.61. The standard InChI is InChI=1S/C63H80F2N14O11S/c1-39-54(91-38-69-39)42-9-7-40(8-10-42)48(74-58(83)50-30-45(80)35-79(50)60(85)55(62(2,3)4)75-61(86)63(65)13-14-63)31-52(81)66-15-21-87-23-25-89-27-28-90-26-24-88-22-16-67-53(82)37-76-17-19-77(20-18-76)59(84)43-11-12-47(46(64)29-43)72-56-57-68-34-51(44-32-70-71-33-44)78(57)36-49(73-56)41-5-6-41/h7-12,29,32-34,36,38,41,45,48,50,55,80H,5-6,13-28,30-31,35,37H2,1-4H3,(H,66,81)(H,67,82)(H,70,71)(H,72,73)(H,74,83)(H,75,86)/t45-,48+,50+,55-/m1/s1. The highest BCUT2D eigenvalue weighted by atomic mass is 32.1. The Kier molecular flexibility index (Phi) is 21.8. The van der Waals surface area contributed by atoms with Gasteiger partial charge in [-0.05, 0) is 67.3 Å². The average molecular weight is 1280 g/mol. The molecule has 2 saturated heterocycles. The molecule has 4 atom stereocenters. The third-order valence-corrected chi connectivity index (χ3v) is 17.4. The first-order valence-electron chi connectivity index (χ1n) is 30.9. The SMILES string of the molecule is Cc1ncsc1-c1ccc([C@H](CC(=O)NCCOCCOCCOCCOCCNC(=O)CN2CCN(C(=O)c3ccc(Nc4nc(C5CC5)cn5c(-c6cn[nH]c6)cnc45)c(F)c3)CC2)NC(=O)[C@@H]2C[C@@H](O)CN2C(=O)[C@@H](NC(=O)C2(F)CC2)C(C)(C)C)cc1. The fraction of sp³-hybridized carbons (Fsp3) is 0.524. The van der Waals surface area contributed by atoms with Crippen LogP contribution in [0.2, 0.25) is 0 Å². The van der Waals surface area contributed by atoms with Crippen molar-refractivity contribution in [1.82, 2.24) is 65.5 Å². The van der Waals surface area contributed by atoms with E-state index in [0.29, 0.717) is 88.7 Å². The maximum absolute atomic E-state index is 15.7. The van der Waals surface area contributed by atoms with E-state index in [-0.39, 0.29) is 94.1 Å². The van der Waals surface area contributed by atoms with Gasteiger partial charge in [0.15, 0.2) is 17.1 Å². The van der Waals surface area contributed by atoms with Gasteiger partial charge in [-0.1, -0.05) is 45.0 Å². The van der Waals surface area contributed by atoms with Crippen molar-refractivity contribution in [3.63, 3.8) is 0 Å². The molecule has 2 aromatic carbocycles. The van der Waals surface area contributed by atoms with Gasteiger partial charge >= 0.3 is 0 Å². The summed E-state index contributed by atoms with van der Waals surface area (Å²) in [7, 11) is 0. The average Bonchev–Trinajstić information content (AvgIpc) is 1.68. The fourth-order valence-corrected chi connectivity index (χ4v) is 11.7. The molecule has 0 unspecified atom stereocenters. The van der Waals surface area contributed by atoms with Crippen LogP contribution in [0.15, 0.2) is 72.8 Å². The molecule has 488 valence electrons. The Morgan fingerprint density at radius 1 is 0.835 bits per heavy atom. The van der Waals surface area contributed by atoms with Gasteiger partial charge in [0.25, 0.3) is 11.8 Å². The molecule has 28 heteroatoms. The van der Waals surface area contributed by atoms with Crippen LogP contribution in [-0.2, 0) is 42.9 Å². The van der Waals surface area contributed by atoms with E-state index in [4.69, 9.17) is 23.9 Å². The lowest BCUT2D eigenvalue weighted by molar-refractivity contribution is -0.145. The molecular weight excluding hydrogens is 1200 g/mol. The van der Waals surface area contributed by atoms with Gasteiger partial charge in [0.05, 0.1) is 124 Å². The Balaban J connectivity index is 0.566. The number of β-amino-alcohol motifs (C(OH)–C–C–N with tert-alkyl or cyclic N) is 1. The van der Waals surface area contributed by atoms with E-state index >= 15 is 4.39 Å². The number of amides is 6. The molecule has 0 spiro atoms. The lowest BCUT2D eigenvalue weighted by Crippen LogP contribution is -2.59. The lowest BCUT2D eigenvalue weighted by atomic mass is 9.85. The molecule has 25 nitrogen and oxygen atoms in total. The van der Waals surface area contributed by atoms with Gasteiger partial charge in [0.1, 0.15) is 17.9 Å². The van der Waals surface area contributed by atoms with Crippen molar-refractivity contribution < 1.29 is 61.6 Å². The molecule has 91 heavy (non-hydrogen) atoms. The minimum atomic E-state index is -2.02. The minimum absolute atomic E-state index is 0.0672. The third-order valence-electron chi connectivity index (χ3n) is 16.4. The van der Waals surface area contributed by atoms with E-state index in [1.165, 1.54) is 28.4 Å². The zero-order chi connectivity index (χ0) is 64.2. The fourth-order valence-electron chi connectivity index (χ4n) is 10.9. The lowest BCUT2D eigenvalue weighted by Gasteiger charge is -2.36. The van der Waals surface area contributed by atoms with Crippen LogP contribution in [0.4, 0.5) is 20.3 Å². The summed E-state index contributed by atoms with van der Waals surface area (Å²) < 4.78 is 54.8. The van der Waals surface area contributed by atoms with E-state index in [0.717, 1.165) is 45.9 Å². The summed E-state index contributed by atoms with van der Waals surface area (Å²) in [6.45, 7) is 11.6. The number of alkyl halides is 1. The van der Waals surface area contributed by atoms with Crippen LogP contribution in [0.25, 0.3) is 27.3 Å². The summed E-state index contributed by atoms with van der Waals surface area (Å²) in [5.41, 5.74) is 4.80. The molecule has 0 radical (unpaired) electrons. The smallest absolute Gasteiger partial charge is 0.258 e. The summed E-state index contributed by atoms with van der Waals surface area (Å²) in [4.78, 5) is 100. The number of carbonyl (C=O) groups excluding carboxylic acids is 6. The maximum Gasteiger partial charge on any atom is 0.258 e. The summed E-state index contributed by atoms with van der Waals surface area (Å²) in [6, 6.07) is 8.65. The van der Waals surface area contributed by atoms with Crippen LogP contribution in [0, 0.1) is 18.2 Å². The second-order valence-corrected chi connectivity index (χ2v) is 25.3. The molecule has 4 aliphatic rings. The van der Waals surface area contributed by atoms with Crippen LogP contribution >= 0.6 is 11.3 Å². The van der Waals surface area contributed by atoms with E-state index in [1.807, 2.05) is 46.7 Å². The van der Waals surface area contributed by atoms with Crippen molar-refractivity contribution in [2.45, 2.75) is 102 Å². The first kappa shape index (κ1) is 66.1. The zero-order valence-electron chi connectivity index (χ0n) is 51.6. The highest BCUT2D eigenvalue weighted by Crippen LogP contribution is 2.42. The number of H-pyrrole nitrogens is 1. The molecule has 2 aliphatic carbocycles. The Morgan fingerprint density at radius 2 is 1.51 bits per heavy atom. The first-order valence-corrected chi connectivity index (χ1v) is 31.8. The Labute approximate surface area is 529 Å². The quantitative estimate of drug-likeness (QED) is 0.0292. The van der Waals surface area contributed by atoms with Crippen molar-refractivity contribution in [2.24, 2.45) is 5.41 Å². The van der Waals surface area contributed by atoms with Gasteiger partial charge in [-0.2, -0.15) is 5.10 Å². The van der Waals surface area contributed by atoms with Crippen molar-refractivity contribution in [1.29, 1.82) is 0 Å². The van der Waals surface area contributed by atoms with Gasteiger partial charge in [-0.15, -0.1) is 11.3 Å². The number of aryl methyl sites for hydroxylation is 1. The predicted molar refractivity (Wildman–Crippen MR) is 332 cm³/mol. The molecule has 6 heterocycles. The molecule has 4 fully saturated rings. The number of thiazole rings is 1. The van der Waals surface area contributed by atoms with Crippen molar-refractivity contribution in [2.75, 3.05) is 111 Å². The number of piperazine rings is 1. The number of imidazole rings is 1. The van der Waals surface area contributed by atoms with Crippen LogP contribution in [0.5, 0.6) is 0 Å². The number of nitrogens with zero attached hydrogens (tertiary/aromatic N) is 8. The Bertz CT molecular complexity index is 3490. The van der Waals surface area contributed by atoms with Crippen molar-refractivity contribution in [3.05, 3.63) is 101 Å². The van der Waals surface area contributed by atoms with E-state index in [2.05, 4.69) is 46.7 Å². The number of aliphatic hydroxyl groups excluding tert-OH is 1. The number of hydrogen-bond acceptors (Lipinski definition) is 18. The number of likely N-dealkylation sites (tertiary alicyclic amines) is 1. The summed E-state index contributed by atoms with van der Waals surface area (Å²) in [5.74, 6) is -2.76. The van der Waals surface area contributed by atoms with Crippen LogP contribution in [-0.4, -0.2) is 214 Å². The molecule has 6 aromatic rings. The van der Waals surface area contributed by atoms with Crippen LogP contribution in [0.3, 0.4) is 0 Å². The molecule has 10 rings (SSSR count). The first-order chi connectivity index (χ1) is 43.8. The Hall–Kier alpha value is -7.86. The van der Waals surface area contributed by atoms with Gasteiger partial charge in [0.2, 0.25) is 23.6 Å². The summed E-state index contributed by atoms with van der Waals surface area (Å²) in [6.07, 6.45) is 8.13. The summed E-state index contributed by atoms with van der Waals surface area (Å²) >= 11 is 1.49. The van der Waals surface area contributed by atoms with Crippen molar-refractivity contribution >= 4 is 63.9 Å². The topological polar surface area (TPSA) is 301 Å². The van der Waals surface area contributed by atoms with Gasteiger partial charge in [-0.3, -0.25) is 43.2 Å². The summed E-state index contributed by atoms with van der Waals surface area (Å²) in [5, 5.41) is 32.0. The monoisotopic (exact) mass is 1280 g/mol. The molecule has 7 N–H and O–H groups in total. The van der Waals surface area contributed by atoms with E-state index in [9.17, 15) is 38.3 Å². The van der Waals surface area contributed by atoms with E-state index in [1.54, 1.807) is 55.8 Å². The number of benzene rings is 2. The molecule has 2 aliphatic heterocycles. The molecular formula is C63H80F2N14O11S. The molecule has 0 bridgehead atoms. The van der Waals surface area contributed by atoms with E-state index < -0.39 is 58.9 Å². The number of ether oxygens (including phenoxy) is 4. The number of rotatable bonds is 31. The largest absolute Gasteiger partial charge is 0.391 e. The van der Waals surface area contributed by atoms with Crippen molar-refractivity contribution in [3.8, 4) is 21.7 Å². The second kappa shape index (κ2) is 30.1. The minimum Gasteiger partial charge on any atom is -0.391 e. The number of anilines is 2. The number of aromatic amines is 1. The highest BCUT2D eigenvalue weighted by Gasteiger charge is 2.53. The number of carbonyl (C=O) groups is 6. The number of fused-ring (bicyclic) bond motifs is 1. The molecule has 2 saturated carbocycles. The maximum atomic E-state index is 15.7. The molecule has 6 amide bonds. The van der Waals surface area contributed by atoms with Gasteiger partial charge < -0.3 is 60.4 Å². The van der Waals surface area contributed by atoms with Gasteiger partial charge in [0, 0.05) is 81.7 Å². The Morgan fingerprint density at radius 3 is 2.11 bits per heavy atom. The zero-order valence-corrected chi connectivity index (χ0v) is 52.5. The normalized spacial score (nSPS) is 18.0. The highest BCUT2D eigenvalue weighted by molar-refractivity contribution is 7.13. The number of aromatic nitrogens is 6. The van der Waals surface area contributed by atoms with Gasteiger partial charge in [-0.25, -0.2) is 23.7 Å². The van der Waals surface area contributed by atoms with Crippen LogP contribution < -0.4 is 26.6 Å². The van der Waals surface area contributed by atoms with Crippen LogP contribution in [0.1, 0.15) is 98.6 Å². The number of hydrogen-bond donors (Lipinski definition) is 7.